The third-order valence-electron chi connectivity index (χ3n) is 4.14. The minimum atomic E-state index is -3.87. The summed E-state index contributed by atoms with van der Waals surface area (Å²) in [7, 11) is -1.07. The summed E-state index contributed by atoms with van der Waals surface area (Å²) in [6.07, 6.45) is 0. The van der Waals surface area contributed by atoms with Crippen LogP contribution in [0.15, 0.2) is 35.2 Å². The van der Waals surface area contributed by atoms with Crippen LogP contribution in [-0.2, 0) is 14.8 Å². The van der Waals surface area contributed by atoms with Gasteiger partial charge in [0.05, 0.1) is 23.6 Å². The Morgan fingerprint density at radius 2 is 1.74 bits per heavy atom. The molecule has 0 aromatic heterocycles. The quantitative estimate of drug-likeness (QED) is 0.790. The fourth-order valence-electron chi connectivity index (χ4n) is 2.83. The number of carbonyl (C=O) groups excluding carboxylic acids is 1. The first-order valence-corrected chi connectivity index (χ1v) is 10.1. The Hall–Kier alpha value is -2.09. The molecule has 8 heteroatoms. The highest BCUT2D eigenvalue weighted by Gasteiger charge is 2.24. The van der Waals surface area contributed by atoms with Gasteiger partial charge >= 0.3 is 0 Å². The fourth-order valence-corrected chi connectivity index (χ4v) is 4.31. The zero-order chi connectivity index (χ0) is 20.4. The summed E-state index contributed by atoms with van der Waals surface area (Å²) in [4.78, 5) is 12.4. The van der Waals surface area contributed by atoms with Crippen LogP contribution in [0.1, 0.15) is 16.7 Å². The van der Waals surface area contributed by atoms with E-state index < -0.39 is 15.9 Å². The maximum Gasteiger partial charge on any atom is 0.243 e. The Kier molecular flexibility index (Phi) is 6.51. The van der Waals surface area contributed by atoms with Crippen molar-refractivity contribution < 1.29 is 17.9 Å². The lowest BCUT2D eigenvalue weighted by Crippen LogP contribution is -2.35. The monoisotopic (exact) mass is 410 g/mol. The van der Waals surface area contributed by atoms with Crippen molar-refractivity contribution in [1.29, 1.82) is 0 Å². The molecule has 0 heterocycles. The number of rotatable bonds is 6. The summed E-state index contributed by atoms with van der Waals surface area (Å²) in [6, 6.07) is 8.09. The predicted molar refractivity (Wildman–Crippen MR) is 107 cm³/mol. The van der Waals surface area contributed by atoms with E-state index in [9.17, 15) is 13.2 Å². The van der Waals surface area contributed by atoms with E-state index in [2.05, 4.69) is 5.32 Å². The molecule has 0 unspecified atom stereocenters. The van der Waals surface area contributed by atoms with Crippen molar-refractivity contribution in [3.8, 4) is 5.75 Å². The second kappa shape index (κ2) is 8.29. The number of benzene rings is 2. The fraction of sp³-hybridized carbons (Fsp3) is 0.316. The van der Waals surface area contributed by atoms with E-state index in [4.69, 9.17) is 16.3 Å². The molecular weight excluding hydrogens is 388 g/mol. The lowest BCUT2D eigenvalue weighted by atomic mass is 10.1. The number of amides is 1. The number of carbonyl (C=O) groups is 1. The zero-order valence-corrected chi connectivity index (χ0v) is 17.5. The first-order chi connectivity index (χ1) is 12.6. The highest BCUT2D eigenvalue weighted by atomic mass is 35.5. The van der Waals surface area contributed by atoms with Crippen LogP contribution >= 0.6 is 11.6 Å². The molecule has 0 aliphatic rings. The van der Waals surface area contributed by atoms with Gasteiger partial charge in [-0.05, 0) is 50.1 Å². The number of hydrogen-bond acceptors (Lipinski definition) is 4. The van der Waals surface area contributed by atoms with Gasteiger partial charge in [0.25, 0.3) is 0 Å². The van der Waals surface area contributed by atoms with Crippen molar-refractivity contribution in [2.45, 2.75) is 25.7 Å². The first-order valence-electron chi connectivity index (χ1n) is 8.24. The molecule has 1 N–H and O–H groups in total. The van der Waals surface area contributed by atoms with Crippen molar-refractivity contribution in [2.75, 3.05) is 26.0 Å². The Labute approximate surface area is 165 Å². The number of nitrogens with zero attached hydrogens (tertiary/aromatic N) is 1. The van der Waals surface area contributed by atoms with Gasteiger partial charge < -0.3 is 10.1 Å². The van der Waals surface area contributed by atoms with E-state index in [-0.39, 0.29) is 16.5 Å². The van der Waals surface area contributed by atoms with Crippen LogP contribution in [0.3, 0.4) is 0 Å². The molecule has 0 fully saturated rings. The third-order valence-corrected chi connectivity index (χ3v) is 6.23. The summed E-state index contributed by atoms with van der Waals surface area (Å²) in [6.45, 7) is 5.45. The lowest BCUT2D eigenvalue weighted by Gasteiger charge is -2.19. The molecule has 0 saturated carbocycles. The number of anilines is 1. The molecule has 0 aliphatic heterocycles. The standard InChI is InChI=1S/C19H23ClN2O4S/c1-12-8-13(2)19(14(3)9-12)21-18(23)11-22(4)27(24,25)15-6-7-17(26-5)16(20)10-15/h6-10H,11H2,1-5H3,(H,21,23). The Balaban J connectivity index is 2.17. The molecule has 146 valence electrons. The van der Waals surface area contributed by atoms with Crippen molar-refractivity contribution in [2.24, 2.45) is 0 Å². The van der Waals surface area contributed by atoms with Gasteiger partial charge in [-0.1, -0.05) is 29.3 Å². The first kappa shape index (κ1) is 21.2. The molecule has 2 rings (SSSR count). The van der Waals surface area contributed by atoms with Gasteiger partial charge in [-0.3, -0.25) is 4.79 Å². The zero-order valence-electron chi connectivity index (χ0n) is 16.0. The van der Waals surface area contributed by atoms with Gasteiger partial charge in [0.15, 0.2) is 0 Å². The second-order valence-corrected chi connectivity index (χ2v) is 8.83. The summed E-state index contributed by atoms with van der Waals surface area (Å²) in [5, 5.41) is 2.98. The Bertz CT molecular complexity index is 951. The van der Waals surface area contributed by atoms with Gasteiger partial charge in [0.1, 0.15) is 5.75 Å². The number of aryl methyl sites for hydroxylation is 3. The molecule has 0 atom stereocenters. The van der Waals surface area contributed by atoms with Crippen LogP contribution in [0.2, 0.25) is 5.02 Å². The largest absolute Gasteiger partial charge is 0.495 e. The lowest BCUT2D eigenvalue weighted by molar-refractivity contribution is -0.116. The van der Waals surface area contributed by atoms with Gasteiger partial charge in [-0.25, -0.2) is 8.42 Å². The molecule has 0 aliphatic carbocycles. The third kappa shape index (κ3) is 4.80. The summed E-state index contributed by atoms with van der Waals surface area (Å²) in [5.41, 5.74) is 3.64. The number of hydrogen-bond donors (Lipinski definition) is 1. The molecule has 0 saturated heterocycles. The number of nitrogens with one attached hydrogen (secondary N) is 1. The normalized spacial score (nSPS) is 11.5. The summed E-state index contributed by atoms with van der Waals surface area (Å²) in [5.74, 6) is -0.0444. The van der Waals surface area contributed by atoms with E-state index in [1.165, 1.54) is 32.4 Å². The van der Waals surface area contributed by atoms with Crippen molar-refractivity contribution in [3.05, 3.63) is 52.0 Å². The summed E-state index contributed by atoms with van der Waals surface area (Å²) >= 11 is 6.01. The van der Waals surface area contributed by atoms with Crippen LogP contribution in [0.5, 0.6) is 5.75 Å². The maximum atomic E-state index is 12.7. The Morgan fingerprint density at radius 1 is 1.15 bits per heavy atom. The molecule has 0 radical (unpaired) electrons. The smallest absolute Gasteiger partial charge is 0.243 e. The average molecular weight is 411 g/mol. The van der Waals surface area contributed by atoms with E-state index in [0.717, 1.165) is 21.0 Å². The molecule has 6 nitrogen and oxygen atoms in total. The van der Waals surface area contributed by atoms with Gasteiger partial charge in [0.2, 0.25) is 15.9 Å². The predicted octanol–water partition coefficient (Wildman–Crippen LogP) is 3.53. The average Bonchev–Trinajstić information content (AvgIpc) is 2.57. The molecule has 27 heavy (non-hydrogen) atoms. The Morgan fingerprint density at radius 3 is 2.26 bits per heavy atom. The van der Waals surface area contributed by atoms with E-state index in [0.29, 0.717) is 11.4 Å². The van der Waals surface area contributed by atoms with Crippen LogP contribution in [0, 0.1) is 20.8 Å². The minimum Gasteiger partial charge on any atom is -0.495 e. The van der Waals surface area contributed by atoms with Crippen molar-refractivity contribution >= 4 is 33.2 Å². The molecular formula is C19H23ClN2O4S. The van der Waals surface area contributed by atoms with Gasteiger partial charge in [-0.15, -0.1) is 0 Å². The molecule has 0 spiro atoms. The number of likely N-dealkylation sites (N-methyl/N-ethyl adjacent to an activating group) is 1. The number of sulfonamides is 1. The van der Waals surface area contributed by atoms with Gasteiger partial charge in [0, 0.05) is 12.7 Å². The van der Waals surface area contributed by atoms with Crippen molar-refractivity contribution in [1.82, 2.24) is 4.31 Å². The molecule has 0 bridgehead atoms. The van der Waals surface area contributed by atoms with Crippen LogP contribution in [-0.4, -0.2) is 39.3 Å². The SMILES string of the molecule is COc1ccc(S(=O)(=O)N(C)CC(=O)Nc2c(C)cc(C)cc2C)cc1Cl. The van der Waals surface area contributed by atoms with Crippen LogP contribution in [0.25, 0.3) is 0 Å². The van der Waals surface area contributed by atoms with Crippen LogP contribution in [0.4, 0.5) is 5.69 Å². The number of methoxy groups -OCH3 is 1. The van der Waals surface area contributed by atoms with Crippen molar-refractivity contribution in [3.63, 3.8) is 0 Å². The molecule has 2 aromatic rings. The minimum absolute atomic E-state index is 0.00806. The molecule has 2 aromatic carbocycles. The number of halogens is 1. The van der Waals surface area contributed by atoms with E-state index in [1.54, 1.807) is 0 Å². The topological polar surface area (TPSA) is 75.7 Å². The van der Waals surface area contributed by atoms with E-state index in [1.807, 2.05) is 32.9 Å². The summed E-state index contributed by atoms with van der Waals surface area (Å²) < 4.78 is 31.4. The maximum absolute atomic E-state index is 12.7. The van der Waals surface area contributed by atoms with Crippen LogP contribution < -0.4 is 10.1 Å². The van der Waals surface area contributed by atoms with Gasteiger partial charge in [-0.2, -0.15) is 4.31 Å². The number of ether oxygens (including phenoxy) is 1. The highest BCUT2D eigenvalue weighted by Crippen LogP contribution is 2.28. The second-order valence-electron chi connectivity index (χ2n) is 6.38. The van der Waals surface area contributed by atoms with E-state index >= 15 is 0 Å². The highest BCUT2D eigenvalue weighted by molar-refractivity contribution is 7.89. The molecule has 1 amide bonds.